The minimum absolute atomic E-state index is 0.246. The molecular weight excluding hydrogens is 174 g/mol. The van der Waals surface area contributed by atoms with Gasteiger partial charge in [-0.05, 0) is 12.8 Å². The molecule has 0 aliphatic heterocycles. The zero-order valence-corrected chi connectivity index (χ0v) is 9.93. The molecule has 0 aromatic rings. The van der Waals surface area contributed by atoms with Crippen molar-refractivity contribution in [3.05, 3.63) is 0 Å². The second-order valence-corrected chi connectivity index (χ2v) is 4.04. The smallest absolute Gasteiger partial charge is 0.0617 e. The van der Waals surface area contributed by atoms with Gasteiger partial charge in [-0.3, -0.25) is 0 Å². The molecule has 1 atom stereocenters. The van der Waals surface area contributed by atoms with Crippen LogP contribution in [0.15, 0.2) is 0 Å². The number of hydrogen-bond donors (Lipinski definition) is 1. The van der Waals surface area contributed by atoms with E-state index in [9.17, 15) is 0 Å². The van der Waals surface area contributed by atoms with Gasteiger partial charge in [0.1, 0.15) is 0 Å². The highest BCUT2D eigenvalue weighted by atomic mass is 16.5. The van der Waals surface area contributed by atoms with E-state index in [2.05, 4.69) is 13.8 Å². The molecule has 0 saturated heterocycles. The Morgan fingerprint density at radius 2 is 1.71 bits per heavy atom. The lowest BCUT2D eigenvalue weighted by atomic mass is 10.2. The molecular formula is C12H27NO. The summed E-state index contributed by atoms with van der Waals surface area (Å²) in [4.78, 5) is 0. The molecule has 0 aromatic heterocycles. The maximum absolute atomic E-state index is 5.82. The average Bonchev–Trinajstić information content (AvgIpc) is 2.17. The summed E-state index contributed by atoms with van der Waals surface area (Å²) in [7, 11) is 0. The Bertz CT molecular complexity index is 106. The third-order valence-electron chi connectivity index (χ3n) is 2.38. The van der Waals surface area contributed by atoms with E-state index in [0.29, 0.717) is 0 Å². The van der Waals surface area contributed by atoms with Crippen molar-refractivity contribution in [2.45, 2.75) is 64.8 Å². The lowest BCUT2D eigenvalue weighted by molar-refractivity contribution is 0.115. The van der Waals surface area contributed by atoms with Crippen LogP contribution in [0.25, 0.3) is 0 Å². The molecule has 0 aromatic carbocycles. The summed E-state index contributed by atoms with van der Waals surface area (Å²) in [5.41, 5.74) is 5.82. The summed E-state index contributed by atoms with van der Waals surface area (Å²) in [6.45, 7) is 6.02. The second kappa shape index (κ2) is 11.0. The molecule has 86 valence electrons. The third kappa shape index (κ3) is 10.0. The number of unbranched alkanes of at least 4 members (excludes halogenated alkanes) is 4. The molecule has 2 heteroatoms. The van der Waals surface area contributed by atoms with Crippen LogP contribution in [-0.2, 0) is 4.74 Å². The van der Waals surface area contributed by atoms with E-state index in [1.54, 1.807) is 0 Å². The maximum atomic E-state index is 5.82. The third-order valence-corrected chi connectivity index (χ3v) is 2.38. The van der Waals surface area contributed by atoms with Crippen LogP contribution in [-0.4, -0.2) is 19.3 Å². The summed E-state index contributed by atoms with van der Waals surface area (Å²) in [6.07, 6.45) is 8.74. The highest BCUT2D eigenvalue weighted by Crippen LogP contribution is 2.02. The molecule has 2 nitrogen and oxygen atoms in total. The van der Waals surface area contributed by atoms with Gasteiger partial charge in [-0.1, -0.05) is 46.0 Å². The highest BCUT2D eigenvalue weighted by molar-refractivity contribution is 4.57. The van der Waals surface area contributed by atoms with Gasteiger partial charge >= 0.3 is 0 Å². The van der Waals surface area contributed by atoms with Crippen molar-refractivity contribution in [1.82, 2.24) is 0 Å². The predicted molar refractivity (Wildman–Crippen MR) is 62.5 cm³/mol. The van der Waals surface area contributed by atoms with Gasteiger partial charge in [0.15, 0.2) is 0 Å². The first-order valence-corrected chi connectivity index (χ1v) is 6.14. The first kappa shape index (κ1) is 13.9. The fraction of sp³-hybridized carbons (Fsp3) is 1.00. The van der Waals surface area contributed by atoms with Gasteiger partial charge in [-0.2, -0.15) is 0 Å². The van der Waals surface area contributed by atoms with Crippen molar-refractivity contribution in [2.24, 2.45) is 5.73 Å². The average molecular weight is 201 g/mol. The Morgan fingerprint density at radius 3 is 2.36 bits per heavy atom. The Hall–Kier alpha value is -0.0800. The van der Waals surface area contributed by atoms with Gasteiger partial charge in [0, 0.05) is 12.6 Å². The Balaban J connectivity index is 2.98. The first-order chi connectivity index (χ1) is 6.81. The molecule has 0 heterocycles. The van der Waals surface area contributed by atoms with Crippen molar-refractivity contribution < 1.29 is 4.74 Å². The van der Waals surface area contributed by atoms with E-state index >= 15 is 0 Å². The maximum Gasteiger partial charge on any atom is 0.0617 e. The van der Waals surface area contributed by atoms with Crippen LogP contribution in [0, 0.1) is 0 Å². The van der Waals surface area contributed by atoms with Crippen LogP contribution in [0.4, 0.5) is 0 Å². The molecule has 0 bridgehead atoms. The van der Waals surface area contributed by atoms with Gasteiger partial charge in [0.05, 0.1) is 6.61 Å². The number of ether oxygens (including phenoxy) is 1. The molecule has 2 N–H and O–H groups in total. The highest BCUT2D eigenvalue weighted by Gasteiger charge is 1.99. The van der Waals surface area contributed by atoms with E-state index in [-0.39, 0.29) is 6.04 Å². The lowest BCUT2D eigenvalue weighted by Gasteiger charge is -2.10. The Morgan fingerprint density at radius 1 is 1.00 bits per heavy atom. The van der Waals surface area contributed by atoms with E-state index < -0.39 is 0 Å². The van der Waals surface area contributed by atoms with Crippen molar-refractivity contribution in [1.29, 1.82) is 0 Å². The minimum atomic E-state index is 0.246. The molecule has 14 heavy (non-hydrogen) atoms. The van der Waals surface area contributed by atoms with E-state index in [1.165, 1.54) is 32.1 Å². The van der Waals surface area contributed by atoms with Crippen molar-refractivity contribution in [3.63, 3.8) is 0 Å². The zero-order valence-electron chi connectivity index (χ0n) is 9.93. The molecule has 0 aliphatic carbocycles. The Labute approximate surface area is 89.2 Å². The number of hydrogen-bond acceptors (Lipinski definition) is 2. The topological polar surface area (TPSA) is 35.2 Å². The monoisotopic (exact) mass is 201 g/mol. The molecule has 0 spiro atoms. The molecule has 0 saturated carbocycles. The van der Waals surface area contributed by atoms with Crippen LogP contribution in [0.2, 0.25) is 0 Å². The van der Waals surface area contributed by atoms with E-state index in [4.69, 9.17) is 10.5 Å². The number of nitrogens with two attached hydrogens (primary N) is 1. The molecule has 0 radical (unpaired) electrons. The molecule has 0 rings (SSSR count). The van der Waals surface area contributed by atoms with Crippen molar-refractivity contribution >= 4 is 0 Å². The van der Waals surface area contributed by atoms with Crippen LogP contribution < -0.4 is 5.73 Å². The van der Waals surface area contributed by atoms with Gasteiger partial charge in [0.2, 0.25) is 0 Å². The number of rotatable bonds is 10. The summed E-state index contributed by atoms with van der Waals surface area (Å²) < 4.78 is 5.50. The van der Waals surface area contributed by atoms with Crippen molar-refractivity contribution in [3.8, 4) is 0 Å². The summed E-state index contributed by atoms with van der Waals surface area (Å²) in [6, 6.07) is 0.246. The summed E-state index contributed by atoms with van der Waals surface area (Å²) in [5.74, 6) is 0. The molecule has 0 aliphatic rings. The Kier molecular flexibility index (Phi) is 10.9. The minimum Gasteiger partial charge on any atom is -0.380 e. The van der Waals surface area contributed by atoms with E-state index in [0.717, 1.165) is 26.1 Å². The lowest BCUT2D eigenvalue weighted by Crippen LogP contribution is -2.26. The zero-order chi connectivity index (χ0) is 10.6. The van der Waals surface area contributed by atoms with Gasteiger partial charge < -0.3 is 10.5 Å². The van der Waals surface area contributed by atoms with Crippen molar-refractivity contribution in [2.75, 3.05) is 13.2 Å². The fourth-order valence-electron chi connectivity index (χ4n) is 1.50. The standard InChI is InChI=1S/C12H27NO/c1-3-5-6-7-8-10-14-11-12(13)9-4-2/h12H,3-11,13H2,1-2H3. The van der Waals surface area contributed by atoms with Gasteiger partial charge in [0.25, 0.3) is 0 Å². The molecule has 0 fully saturated rings. The quantitative estimate of drug-likeness (QED) is 0.551. The van der Waals surface area contributed by atoms with Crippen LogP contribution in [0.3, 0.4) is 0 Å². The molecule has 0 amide bonds. The largest absolute Gasteiger partial charge is 0.380 e. The van der Waals surface area contributed by atoms with Crippen LogP contribution in [0.5, 0.6) is 0 Å². The molecule has 1 unspecified atom stereocenters. The van der Waals surface area contributed by atoms with Crippen LogP contribution >= 0.6 is 0 Å². The van der Waals surface area contributed by atoms with E-state index in [1.807, 2.05) is 0 Å². The van der Waals surface area contributed by atoms with Gasteiger partial charge in [-0.25, -0.2) is 0 Å². The summed E-state index contributed by atoms with van der Waals surface area (Å²) >= 11 is 0. The van der Waals surface area contributed by atoms with Crippen LogP contribution in [0.1, 0.15) is 58.8 Å². The fourth-order valence-corrected chi connectivity index (χ4v) is 1.50. The normalized spacial score (nSPS) is 13.1. The predicted octanol–water partition coefficient (Wildman–Crippen LogP) is 3.10. The second-order valence-electron chi connectivity index (χ2n) is 4.04. The van der Waals surface area contributed by atoms with Gasteiger partial charge in [-0.15, -0.1) is 0 Å². The summed E-state index contributed by atoms with van der Waals surface area (Å²) in [5, 5.41) is 0. The SMILES string of the molecule is CCCCCCCOCC(N)CCC. The first-order valence-electron chi connectivity index (χ1n) is 6.14.